The molecule has 7 nitrogen and oxygen atoms in total. The number of hydrogen-bond donors (Lipinski definition) is 1. The molecule has 0 radical (unpaired) electrons. The largest absolute Gasteiger partial charge is 0.416 e. The lowest BCUT2D eigenvalue weighted by atomic mass is 10.1. The van der Waals surface area contributed by atoms with Crippen molar-refractivity contribution in [2.24, 2.45) is 12.8 Å². The number of carbonyl (C=O) groups is 1. The van der Waals surface area contributed by atoms with Crippen molar-refractivity contribution in [2.75, 3.05) is 32.0 Å². The van der Waals surface area contributed by atoms with E-state index in [2.05, 4.69) is 15.1 Å². The first-order valence-electron chi connectivity index (χ1n) is 11.2. The molecule has 1 aliphatic heterocycles. The number of primary amides is 1. The van der Waals surface area contributed by atoms with E-state index >= 15 is 0 Å². The Morgan fingerprint density at radius 1 is 1.20 bits per heavy atom. The summed E-state index contributed by atoms with van der Waals surface area (Å²) < 4.78 is 46.1. The molecule has 0 spiro atoms. The Balaban J connectivity index is 1.28. The Morgan fingerprint density at radius 3 is 2.69 bits per heavy atom. The van der Waals surface area contributed by atoms with Crippen LogP contribution in [0.1, 0.15) is 34.0 Å². The molecular formula is C24H26F3N5O2S. The van der Waals surface area contributed by atoms with Gasteiger partial charge in [-0.05, 0) is 42.8 Å². The Morgan fingerprint density at radius 2 is 1.97 bits per heavy atom. The molecule has 1 aliphatic rings. The maximum Gasteiger partial charge on any atom is 0.416 e. The van der Waals surface area contributed by atoms with Crippen LogP contribution in [0.3, 0.4) is 0 Å². The van der Waals surface area contributed by atoms with Crippen LogP contribution in [-0.2, 0) is 18.0 Å². The van der Waals surface area contributed by atoms with E-state index in [0.717, 1.165) is 53.7 Å². The summed E-state index contributed by atoms with van der Waals surface area (Å²) >= 11 is 1.60. The second kappa shape index (κ2) is 10.8. The van der Waals surface area contributed by atoms with Crippen molar-refractivity contribution < 1.29 is 22.7 Å². The van der Waals surface area contributed by atoms with Crippen LogP contribution in [0.2, 0.25) is 0 Å². The van der Waals surface area contributed by atoms with Gasteiger partial charge in [-0.1, -0.05) is 36.0 Å². The van der Waals surface area contributed by atoms with Crippen molar-refractivity contribution in [1.29, 1.82) is 0 Å². The summed E-state index contributed by atoms with van der Waals surface area (Å²) in [7, 11) is 1.88. The number of amides is 1. The first-order chi connectivity index (χ1) is 16.7. The van der Waals surface area contributed by atoms with Crippen LogP contribution in [0, 0.1) is 0 Å². The van der Waals surface area contributed by atoms with Crippen LogP contribution in [-0.4, -0.2) is 57.6 Å². The van der Waals surface area contributed by atoms with Crippen molar-refractivity contribution in [2.45, 2.75) is 23.9 Å². The molecule has 2 N–H and O–H groups in total. The van der Waals surface area contributed by atoms with E-state index in [-0.39, 0.29) is 6.10 Å². The summed E-state index contributed by atoms with van der Waals surface area (Å²) in [4.78, 5) is 13.7. The van der Waals surface area contributed by atoms with Gasteiger partial charge >= 0.3 is 6.18 Å². The predicted octanol–water partition coefficient (Wildman–Crippen LogP) is 4.16. The third-order valence-corrected chi connectivity index (χ3v) is 6.96. The molecule has 1 unspecified atom stereocenters. The lowest BCUT2D eigenvalue weighted by molar-refractivity contribution is -0.137. The molecule has 0 aliphatic carbocycles. The third-order valence-electron chi connectivity index (χ3n) is 5.85. The molecule has 0 saturated carbocycles. The van der Waals surface area contributed by atoms with Gasteiger partial charge < -0.3 is 15.0 Å². The second-order valence-electron chi connectivity index (χ2n) is 8.29. The summed E-state index contributed by atoms with van der Waals surface area (Å²) in [5, 5.41) is 9.31. The lowest BCUT2D eigenvalue weighted by Gasteiger charge is -2.33. The number of benzene rings is 2. The molecular weight excluding hydrogens is 479 g/mol. The van der Waals surface area contributed by atoms with Crippen LogP contribution < -0.4 is 5.73 Å². The topological polar surface area (TPSA) is 86.3 Å². The number of hydrogen-bond acceptors (Lipinski definition) is 6. The highest BCUT2D eigenvalue weighted by atomic mass is 32.2. The third kappa shape index (κ3) is 6.22. The van der Waals surface area contributed by atoms with Gasteiger partial charge in [0.05, 0.1) is 18.3 Å². The van der Waals surface area contributed by atoms with Gasteiger partial charge in [0.15, 0.2) is 11.0 Å². The zero-order chi connectivity index (χ0) is 25.0. The van der Waals surface area contributed by atoms with Gasteiger partial charge in [0.25, 0.3) is 0 Å². The molecule has 1 atom stereocenters. The standard InChI is InChI=1S/C24H26F3N5O2S/c1-31-22(18-5-2-4-17(14-18)21(28)33)29-30-23(31)35-13-3-10-32-11-12-34-20(15-32)16-6-8-19(9-7-16)24(25,26)27/h2,4-9,14,20H,3,10-13,15H2,1H3,(H2,28,33). The maximum atomic E-state index is 12.8. The van der Waals surface area contributed by atoms with Gasteiger partial charge in [-0.15, -0.1) is 10.2 Å². The fraction of sp³-hybridized carbons (Fsp3) is 0.375. The number of ether oxygens (including phenoxy) is 1. The van der Waals surface area contributed by atoms with E-state index in [1.165, 1.54) is 12.1 Å². The molecule has 2 heterocycles. The zero-order valence-corrected chi connectivity index (χ0v) is 20.0. The molecule has 1 fully saturated rings. The van der Waals surface area contributed by atoms with Gasteiger partial charge in [-0.2, -0.15) is 13.2 Å². The van der Waals surface area contributed by atoms with E-state index in [9.17, 15) is 18.0 Å². The van der Waals surface area contributed by atoms with Crippen LogP contribution in [0.15, 0.2) is 53.7 Å². The quantitative estimate of drug-likeness (QED) is 0.366. The minimum Gasteiger partial charge on any atom is -0.371 e. The summed E-state index contributed by atoms with van der Waals surface area (Å²) in [5.74, 6) is 0.991. The van der Waals surface area contributed by atoms with Gasteiger partial charge in [0.2, 0.25) is 5.91 Å². The summed E-state index contributed by atoms with van der Waals surface area (Å²) in [5.41, 5.74) is 6.66. The van der Waals surface area contributed by atoms with Gasteiger partial charge in [0.1, 0.15) is 0 Å². The Bertz CT molecular complexity index is 1170. The van der Waals surface area contributed by atoms with Gasteiger partial charge in [0, 0.05) is 37.0 Å². The zero-order valence-electron chi connectivity index (χ0n) is 19.2. The van der Waals surface area contributed by atoms with E-state index in [1.54, 1.807) is 30.0 Å². The molecule has 2 aromatic carbocycles. The van der Waals surface area contributed by atoms with E-state index in [1.807, 2.05) is 17.7 Å². The number of alkyl halides is 3. The predicted molar refractivity (Wildman–Crippen MR) is 127 cm³/mol. The molecule has 186 valence electrons. The Kier molecular flexibility index (Phi) is 7.78. The average Bonchev–Trinajstić information content (AvgIpc) is 3.22. The van der Waals surface area contributed by atoms with E-state index < -0.39 is 17.6 Å². The molecule has 11 heteroatoms. The Labute approximate surface area is 205 Å². The monoisotopic (exact) mass is 505 g/mol. The van der Waals surface area contributed by atoms with E-state index in [0.29, 0.717) is 24.5 Å². The fourth-order valence-corrected chi connectivity index (χ4v) is 4.78. The van der Waals surface area contributed by atoms with Crippen molar-refractivity contribution in [1.82, 2.24) is 19.7 Å². The van der Waals surface area contributed by atoms with Crippen LogP contribution in [0.5, 0.6) is 0 Å². The van der Waals surface area contributed by atoms with Crippen molar-refractivity contribution in [3.05, 3.63) is 65.2 Å². The molecule has 1 amide bonds. The number of rotatable bonds is 8. The first kappa shape index (κ1) is 25.2. The smallest absolute Gasteiger partial charge is 0.371 e. The molecule has 4 rings (SSSR count). The van der Waals surface area contributed by atoms with Crippen molar-refractivity contribution in [3.8, 4) is 11.4 Å². The first-order valence-corrected chi connectivity index (χ1v) is 12.1. The minimum absolute atomic E-state index is 0.240. The van der Waals surface area contributed by atoms with Crippen LogP contribution in [0.25, 0.3) is 11.4 Å². The highest BCUT2D eigenvalue weighted by molar-refractivity contribution is 7.99. The molecule has 1 aromatic heterocycles. The summed E-state index contributed by atoms with van der Waals surface area (Å²) in [6.07, 6.45) is -3.67. The molecule has 1 saturated heterocycles. The average molecular weight is 506 g/mol. The van der Waals surface area contributed by atoms with Gasteiger partial charge in [-0.25, -0.2) is 0 Å². The van der Waals surface area contributed by atoms with Gasteiger partial charge in [-0.3, -0.25) is 9.69 Å². The number of nitrogens with zero attached hydrogens (tertiary/aromatic N) is 4. The summed E-state index contributed by atoms with van der Waals surface area (Å²) in [6.45, 7) is 2.81. The number of morpholine rings is 1. The number of thioether (sulfide) groups is 1. The van der Waals surface area contributed by atoms with E-state index in [4.69, 9.17) is 10.5 Å². The Hall–Kier alpha value is -2.89. The highest BCUT2D eigenvalue weighted by Crippen LogP contribution is 2.31. The summed E-state index contributed by atoms with van der Waals surface area (Å²) in [6, 6.07) is 12.2. The van der Waals surface area contributed by atoms with Crippen molar-refractivity contribution in [3.63, 3.8) is 0 Å². The van der Waals surface area contributed by atoms with Crippen LogP contribution in [0.4, 0.5) is 13.2 Å². The number of nitrogens with two attached hydrogens (primary N) is 1. The highest BCUT2D eigenvalue weighted by Gasteiger charge is 2.30. The SMILES string of the molecule is Cn1c(SCCCN2CCOC(c3ccc(C(F)(F)F)cc3)C2)nnc1-c1cccc(C(N)=O)c1. The molecule has 0 bridgehead atoms. The number of halogens is 3. The maximum absolute atomic E-state index is 12.8. The normalized spacial score (nSPS) is 17.0. The number of carbonyl (C=O) groups excluding carboxylic acids is 1. The van der Waals surface area contributed by atoms with Crippen LogP contribution >= 0.6 is 11.8 Å². The van der Waals surface area contributed by atoms with Crippen molar-refractivity contribution >= 4 is 17.7 Å². The fourth-order valence-electron chi connectivity index (χ4n) is 3.95. The number of aromatic nitrogens is 3. The molecule has 3 aromatic rings. The minimum atomic E-state index is -4.34. The lowest BCUT2D eigenvalue weighted by Crippen LogP contribution is -2.39. The second-order valence-corrected chi connectivity index (χ2v) is 9.35. The molecule has 35 heavy (non-hydrogen) atoms.